The van der Waals surface area contributed by atoms with Crippen LogP contribution in [0.3, 0.4) is 0 Å². The zero-order valence-corrected chi connectivity index (χ0v) is 11.2. The molecule has 0 spiro atoms. The molecule has 0 aromatic carbocycles. The van der Waals surface area contributed by atoms with Crippen molar-refractivity contribution in [3.63, 3.8) is 0 Å². The van der Waals surface area contributed by atoms with E-state index in [-0.39, 0.29) is 0 Å². The van der Waals surface area contributed by atoms with Gasteiger partial charge < -0.3 is 10.1 Å². The highest BCUT2D eigenvalue weighted by atomic mass is 16.5. The Labute approximate surface area is 101 Å². The highest BCUT2D eigenvalue weighted by Gasteiger charge is 2.27. The number of hydrogen-bond acceptors (Lipinski definition) is 3. The average molecular weight is 228 g/mol. The number of piperidine rings is 1. The molecule has 1 aliphatic rings. The number of methoxy groups -OCH3 is 1. The molecule has 1 fully saturated rings. The lowest BCUT2D eigenvalue weighted by Gasteiger charge is -2.41. The van der Waals surface area contributed by atoms with Gasteiger partial charge in [0.15, 0.2) is 0 Å². The van der Waals surface area contributed by atoms with Crippen molar-refractivity contribution in [1.29, 1.82) is 0 Å². The molecule has 0 saturated carbocycles. The number of nitrogens with one attached hydrogen (secondary N) is 1. The van der Waals surface area contributed by atoms with E-state index in [1.807, 2.05) is 7.05 Å². The zero-order chi connectivity index (χ0) is 11.8. The Hall–Kier alpha value is -0.120. The lowest BCUT2D eigenvalue weighted by Crippen LogP contribution is -2.51. The van der Waals surface area contributed by atoms with Gasteiger partial charge in [-0.05, 0) is 32.9 Å². The highest BCUT2D eigenvalue weighted by Crippen LogP contribution is 2.23. The van der Waals surface area contributed by atoms with Gasteiger partial charge >= 0.3 is 0 Å². The van der Waals surface area contributed by atoms with E-state index in [4.69, 9.17) is 4.74 Å². The lowest BCUT2D eigenvalue weighted by atomic mass is 9.96. The first-order chi connectivity index (χ1) is 7.83. The molecule has 0 amide bonds. The Balaban J connectivity index is 2.54. The maximum atomic E-state index is 5.35. The Bertz CT molecular complexity index is 167. The van der Waals surface area contributed by atoms with Gasteiger partial charge in [-0.15, -0.1) is 0 Å². The number of likely N-dealkylation sites (N-methyl/N-ethyl adjacent to an activating group) is 1. The van der Waals surface area contributed by atoms with Gasteiger partial charge in [0, 0.05) is 25.7 Å². The van der Waals surface area contributed by atoms with Gasteiger partial charge in [0.05, 0.1) is 6.61 Å². The average Bonchev–Trinajstić information content (AvgIpc) is 2.30. The molecular formula is C13H28N2O. The second kappa shape index (κ2) is 8.04. The van der Waals surface area contributed by atoms with Gasteiger partial charge in [-0.25, -0.2) is 0 Å². The molecule has 0 aromatic rings. The predicted octanol–water partition coefficient (Wildman–Crippen LogP) is 1.88. The highest BCUT2D eigenvalue weighted by molar-refractivity contribution is 4.83. The van der Waals surface area contributed by atoms with E-state index in [9.17, 15) is 0 Å². The van der Waals surface area contributed by atoms with E-state index in [2.05, 4.69) is 17.1 Å². The van der Waals surface area contributed by atoms with Crippen LogP contribution in [0.1, 0.15) is 39.0 Å². The van der Waals surface area contributed by atoms with Crippen molar-refractivity contribution >= 4 is 0 Å². The monoisotopic (exact) mass is 228 g/mol. The van der Waals surface area contributed by atoms with Crippen molar-refractivity contribution in [3.05, 3.63) is 0 Å². The molecule has 1 aliphatic heterocycles. The predicted molar refractivity (Wildman–Crippen MR) is 68.8 cm³/mol. The summed E-state index contributed by atoms with van der Waals surface area (Å²) < 4.78 is 5.35. The fourth-order valence-corrected chi connectivity index (χ4v) is 2.85. The van der Waals surface area contributed by atoms with E-state index in [1.54, 1.807) is 7.11 Å². The molecule has 2 unspecified atom stereocenters. The fraction of sp³-hybridized carbons (Fsp3) is 1.00. The first-order valence-electron chi connectivity index (χ1n) is 6.72. The van der Waals surface area contributed by atoms with Gasteiger partial charge in [0.1, 0.15) is 0 Å². The third-order valence-electron chi connectivity index (χ3n) is 3.56. The van der Waals surface area contributed by atoms with Crippen molar-refractivity contribution in [2.45, 2.75) is 51.1 Å². The molecule has 1 heterocycles. The Morgan fingerprint density at radius 3 is 2.88 bits per heavy atom. The van der Waals surface area contributed by atoms with Crippen molar-refractivity contribution in [3.8, 4) is 0 Å². The van der Waals surface area contributed by atoms with Crippen LogP contribution in [-0.2, 0) is 4.74 Å². The molecule has 2 atom stereocenters. The van der Waals surface area contributed by atoms with Crippen LogP contribution in [0.15, 0.2) is 0 Å². The molecule has 1 rings (SSSR count). The molecular weight excluding hydrogens is 200 g/mol. The molecule has 0 aliphatic carbocycles. The summed E-state index contributed by atoms with van der Waals surface area (Å²) in [5, 5.41) is 3.29. The first-order valence-corrected chi connectivity index (χ1v) is 6.72. The Kier molecular flexibility index (Phi) is 7.01. The van der Waals surface area contributed by atoms with Gasteiger partial charge in [-0.1, -0.05) is 19.8 Å². The SMILES string of the molecule is CCCC1CCCCN1C(CNC)COC. The minimum Gasteiger partial charge on any atom is -0.383 e. The standard InChI is InChI=1S/C13H28N2O/c1-4-7-12-8-5-6-9-15(12)13(10-14-2)11-16-3/h12-14H,4-11H2,1-3H3. The van der Waals surface area contributed by atoms with Crippen LogP contribution in [0.4, 0.5) is 0 Å². The van der Waals surface area contributed by atoms with Crippen molar-refractivity contribution in [2.24, 2.45) is 0 Å². The molecule has 0 bridgehead atoms. The molecule has 1 N–H and O–H groups in total. The third-order valence-corrected chi connectivity index (χ3v) is 3.56. The van der Waals surface area contributed by atoms with Gasteiger partial charge in [-0.2, -0.15) is 0 Å². The first kappa shape index (κ1) is 13.9. The van der Waals surface area contributed by atoms with Crippen LogP contribution in [0.5, 0.6) is 0 Å². The van der Waals surface area contributed by atoms with Crippen LogP contribution in [0, 0.1) is 0 Å². The molecule has 3 nitrogen and oxygen atoms in total. The Morgan fingerprint density at radius 1 is 1.44 bits per heavy atom. The van der Waals surface area contributed by atoms with Gasteiger partial charge in [0.25, 0.3) is 0 Å². The zero-order valence-electron chi connectivity index (χ0n) is 11.2. The summed E-state index contributed by atoms with van der Waals surface area (Å²) in [6, 6.07) is 1.33. The second-order valence-electron chi connectivity index (χ2n) is 4.84. The normalized spacial score (nSPS) is 24.6. The molecule has 0 aromatic heterocycles. The molecule has 3 heteroatoms. The fourth-order valence-electron chi connectivity index (χ4n) is 2.85. The minimum absolute atomic E-state index is 0.548. The Morgan fingerprint density at radius 2 is 2.25 bits per heavy atom. The largest absolute Gasteiger partial charge is 0.383 e. The topological polar surface area (TPSA) is 24.5 Å². The van der Waals surface area contributed by atoms with E-state index in [0.29, 0.717) is 6.04 Å². The summed E-state index contributed by atoms with van der Waals surface area (Å²) in [5.41, 5.74) is 0. The number of ether oxygens (including phenoxy) is 1. The minimum atomic E-state index is 0.548. The van der Waals surface area contributed by atoms with Crippen LogP contribution in [0.2, 0.25) is 0 Å². The summed E-state index contributed by atoms with van der Waals surface area (Å²) >= 11 is 0. The van der Waals surface area contributed by atoms with Crippen molar-refractivity contribution < 1.29 is 4.74 Å². The van der Waals surface area contributed by atoms with Crippen LogP contribution >= 0.6 is 0 Å². The molecule has 16 heavy (non-hydrogen) atoms. The number of nitrogens with zero attached hydrogens (tertiary/aromatic N) is 1. The van der Waals surface area contributed by atoms with Crippen molar-refractivity contribution in [1.82, 2.24) is 10.2 Å². The molecule has 0 radical (unpaired) electrons. The number of hydrogen-bond donors (Lipinski definition) is 1. The quantitative estimate of drug-likeness (QED) is 0.720. The molecule has 1 saturated heterocycles. The van der Waals surface area contributed by atoms with Crippen molar-refractivity contribution in [2.75, 3.05) is 33.9 Å². The van der Waals surface area contributed by atoms with E-state index < -0.39 is 0 Å². The molecule has 96 valence electrons. The summed E-state index contributed by atoms with van der Waals surface area (Å²) in [5.74, 6) is 0. The lowest BCUT2D eigenvalue weighted by molar-refractivity contribution is 0.0377. The summed E-state index contributed by atoms with van der Waals surface area (Å²) in [6.07, 6.45) is 6.76. The second-order valence-corrected chi connectivity index (χ2v) is 4.84. The van der Waals surface area contributed by atoms with E-state index in [0.717, 1.165) is 19.2 Å². The van der Waals surface area contributed by atoms with E-state index >= 15 is 0 Å². The van der Waals surface area contributed by atoms with Crippen LogP contribution in [-0.4, -0.2) is 50.8 Å². The van der Waals surface area contributed by atoms with E-state index in [1.165, 1.54) is 38.6 Å². The van der Waals surface area contributed by atoms with Crippen LogP contribution < -0.4 is 5.32 Å². The summed E-state index contributed by atoms with van der Waals surface area (Å²) in [4.78, 5) is 2.67. The maximum Gasteiger partial charge on any atom is 0.0630 e. The van der Waals surface area contributed by atoms with Crippen LogP contribution in [0.25, 0.3) is 0 Å². The third kappa shape index (κ3) is 4.04. The van der Waals surface area contributed by atoms with Gasteiger partial charge in [0.2, 0.25) is 0 Å². The summed E-state index contributed by atoms with van der Waals surface area (Å²) in [7, 11) is 3.84. The smallest absolute Gasteiger partial charge is 0.0630 e. The van der Waals surface area contributed by atoms with Gasteiger partial charge in [-0.3, -0.25) is 4.90 Å². The summed E-state index contributed by atoms with van der Waals surface area (Å²) in [6.45, 7) is 5.42. The number of likely N-dealkylation sites (tertiary alicyclic amines) is 1. The number of rotatable bonds is 7. The maximum absolute atomic E-state index is 5.35.